The van der Waals surface area contributed by atoms with Gasteiger partial charge < -0.3 is 0 Å². The van der Waals surface area contributed by atoms with Gasteiger partial charge >= 0.3 is 0 Å². The normalized spacial score (nSPS) is 11.1. The first-order valence-electron chi connectivity index (χ1n) is 7.15. The van der Waals surface area contributed by atoms with E-state index in [4.69, 9.17) is 0 Å². The van der Waals surface area contributed by atoms with Gasteiger partial charge in [-0.2, -0.15) is 10.3 Å². The molecule has 0 fully saturated rings. The molecule has 0 saturated carbocycles. The Labute approximate surface area is 136 Å². The van der Waals surface area contributed by atoms with Gasteiger partial charge in [0.2, 0.25) is 0 Å². The average molecular weight is 323 g/mol. The smallest absolute Gasteiger partial charge is 0.175 e. The van der Waals surface area contributed by atoms with E-state index in [1.807, 2.05) is 28.8 Å². The lowest BCUT2D eigenvalue weighted by molar-refractivity contribution is 0.843. The number of hydrogen-bond donors (Lipinski definition) is 1. The summed E-state index contributed by atoms with van der Waals surface area (Å²) in [4.78, 5) is 4.67. The van der Waals surface area contributed by atoms with Crippen LogP contribution in [0.5, 0.6) is 0 Å². The summed E-state index contributed by atoms with van der Waals surface area (Å²) in [6.45, 7) is 0. The number of fused-ring (bicyclic) bond motifs is 1. The van der Waals surface area contributed by atoms with Gasteiger partial charge in [-0.25, -0.2) is 9.50 Å². The molecule has 0 radical (unpaired) electrons. The molecule has 7 nitrogen and oxygen atoms in total. The maximum Gasteiger partial charge on any atom is 0.175 e. The first kappa shape index (κ1) is 13.9. The first-order chi connectivity index (χ1) is 11.4. The minimum atomic E-state index is 0.714. The molecule has 114 valence electrons. The van der Waals surface area contributed by atoms with Crippen molar-refractivity contribution in [3.8, 4) is 11.3 Å². The number of thioether (sulfide) groups is 1. The predicted octanol–water partition coefficient (Wildman–Crippen LogP) is 2.24. The fourth-order valence-electron chi connectivity index (χ4n) is 2.28. The second-order valence-corrected chi connectivity index (χ2v) is 5.99. The molecule has 0 saturated heterocycles. The van der Waals surface area contributed by atoms with E-state index in [9.17, 15) is 0 Å². The molecule has 0 spiro atoms. The van der Waals surface area contributed by atoms with Gasteiger partial charge in [-0.1, -0.05) is 35.5 Å². The number of hydrogen-bond acceptors (Lipinski definition) is 6. The van der Waals surface area contributed by atoms with Crippen molar-refractivity contribution in [1.82, 2.24) is 35.2 Å². The lowest BCUT2D eigenvalue weighted by Crippen LogP contribution is -1.99. The molecule has 0 unspecified atom stereocenters. The van der Waals surface area contributed by atoms with Gasteiger partial charge in [-0.3, -0.25) is 0 Å². The summed E-state index contributed by atoms with van der Waals surface area (Å²) in [5.41, 5.74) is 2.88. The molecule has 8 heteroatoms. The van der Waals surface area contributed by atoms with Crippen LogP contribution < -0.4 is 0 Å². The third-order valence-electron chi connectivity index (χ3n) is 3.36. The predicted molar refractivity (Wildman–Crippen MR) is 87.0 cm³/mol. The highest BCUT2D eigenvalue weighted by Crippen LogP contribution is 2.25. The van der Waals surface area contributed by atoms with Crippen LogP contribution in [-0.2, 0) is 6.42 Å². The third-order valence-corrected chi connectivity index (χ3v) is 4.36. The van der Waals surface area contributed by atoms with E-state index in [2.05, 4.69) is 48.9 Å². The molecule has 0 aliphatic rings. The maximum absolute atomic E-state index is 4.67. The van der Waals surface area contributed by atoms with E-state index in [-0.39, 0.29) is 0 Å². The van der Waals surface area contributed by atoms with Crippen molar-refractivity contribution in [3.63, 3.8) is 0 Å². The zero-order chi connectivity index (χ0) is 15.5. The molecule has 1 aromatic carbocycles. The Kier molecular flexibility index (Phi) is 3.73. The summed E-state index contributed by atoms with van der Waals surface area (Å²) in [7, 11) is 0. The fourth-order valence-corrected chi connectivity index (χ4v) is 3.23. The van der Waals surface area contributed by atoms with E-state index >= 15 is 0 Å². The Morgan fingerprint density at radius 2 is 2.04 bits per heavy atom. The van der Waals surface area contributed by atoms with Gasteiger partial charge in [0.25, 0.3) is 0 Å². The van der Waals surface area contributed by atoms with Crippen molar-refractivity contribution >= 4 is 17.4 Å². The molecule has 0 aliphatic carbocycles. The molecule has 1 N–H and O–H groups in total. The molecule has 3 aromatic heterocycles. The Balaban J connectivity index is 1.63. The van der Waals surface area contributed by atoms with Crippen molar-refractivity contribution in [3.05, 3.63) is 54.5 Å². The first-order valence-corrected chi connectivity index (χ1v) is 8.14. The van der Waals surface area contributed by atoms with Crippen LogP contribution in [0.1, 0.15) is 5.82 Å². The number of H-pyrrole nitrogens is 1. The number of aromatic nitrogens is 7. The number of nitrogens with one attached hydrogen (secondary N) is 1. The van der Waals surface area contributed by atoms with Crippen LogP contribution in [-0.4, -0.2) is 41.0 Å². The lowest BCUT2D eigenvalue weighted by Gasteiger charge is -2.07. The summed E-state index contributed by atoms with van der Waals surface area (Å²) in [5.74, 6) is 1.55. The average Bonchev–Trinajstić information content (AvgIpc) is 3.26. The van der Waals surface area contributed by atoms with Gasteiger partial charge in [0, 0.05) is 23.8 Å². The molecule has 0 atom stereocenters. The second kappa shape index (κ2) is 6.17. The maximum atomic E-state index is 4.67. The van der Waals surface area contributed by atoms with Crippen molar-refractivity contribution in [2.24, 2.45) is 0 Å². The highest BCUT2D eigenvalue weighted by molar-refractivity contribution is 7.99. The van der Waals surface area contributed by atoms with E-state index in [1.165, 1.54) is 0 Å². The van der Waals surface area contributed by atoms with Crippen LogP contribution in [0.3, 0.4) is 0 Å². The van der Waals surface area contributed by atoms with Crippen LogP contribution in [0.25, 0.3) is 16.9 Å². The van der Waals surface area contributed by atoms with E-state index in [1.54, 1.807) is 18.0 Å². The highest BCUT2D eigenvalue weighted by Gasteiger charge is 2.09. The number of nitrogens with zero attached hydrogens (tertiary/aromatic N) is 6. The van der Waals surface area contributed by atoms with Gasteiger partial charge in [0.1, 0.15) is 5.03 Å². The van der Waals surface area contributed by atoms with E-state index in [0.717, 1.165) is 34.1 Å². The van der Waals surface area contributed by atoms with Gasteiger partial charge in [-0.15, -0.1) is 22.0 Å². The quantitative estimate of drug-likeness (QED) is 0.448. The van der Waals surface area contributed by atoms with Gasteiger partial charge in [0.15, 0.2) is 11.5 Å². The minimum Gasteiger partial charge on any atom is -0.228 e. The largest absolute Gasteiger partial charge is 0.228 e. The van der Waals surface area contributed by atoms with Crippen LogP contribution in [0.2, 0.25) is 0 Å². The van der Waals surface area contributed by atoms with Crippen molar-refractivity contribution in [2.45, 2.75) is 11.4 Å². The van der Waals surface area contributed by atoms with Crippen LogP contribution in [0.15, 0.2) is 53.7 Å². The molecular weight excluding hydrogens is 310 g/mol. The molecule has 23 heavy (non-hydrogen) atoms. The number of rotatable bonds is 5. The third kappa shape index (κ3) is 2.93. The second-order valence-electron chi connectivity index (χ2n) is 4.87. The summed E-state index contributed by atoms with van der Waals surface area (Å²) >= 11 is 1.70. The molecule has 3 heterocycles. The number of tetrazole rings is 1. The highest BCUT2D eigenvalue weighted by atomic mass is 32.2. The molecule has 0 aliphatic heterocycles. The molecule has 0 amide bonds. The number of benzene rings is 1. The SMILES string of the molecule is c1ccc(-c2cc(SCCc3nn[nH]n3)n3nccc3n2)cc1. The topological polar surface area (TPSA) is 84.7 Å². The standard InChI is InChI=1S/C15H13N7S/c1-2-4-11(5-3-1)12-10-15(22-14(17-12)6-8-16-22)23-9-7-13-18-20-21-19-13/h1-6,8,10H,7,9H2,(H,18,19,20,21). The van der Waals surface area contributed by atoms with E-state index in [0.29, 0.717) is 5.82 Å². The van der Waals surface area contributed by atoms with Crippen molar-refractivity contribution < 1.29 is 0 Å². The number of aromatic amines is 1. The van der Waals surface area contributed by atoms with Gasteiger partial charge in [0.05, 0.1) is 11.9 Å². The van der Waals surface area contributed by atoms with Gasteiger partial charge in [-0.05, 0) is 6.07 Å². The Hall–Kier alpha value is -2.74. The fraction of sp³-hybridized carbons (Fsp3) is 0.133. The zero-order valence-corrected chi connectivity index (χ0v) is 12.9. The molecule has 4 rings (SSSR count). The zero-order valence-electron chi connectivity index (χ0n) is 12.1. The van der Waals surface area contributed by atoms with Crippen LogP contribution in [0.4, 0.5) is 0 Å². The summed E-state index contributed by atoms with van der Waals surface area (Å²) in [5, 5.41) is 19.4. The van der Waals surface area contributed by atoms with E-state index < -0.39 is 0 Å². The monoisotopic (exact) mass is 323 g/mol. The van der Waals surface area contributed by atoms with Crippen molar-refractivity contribution in [1.29, 1.82) is 0 Å². The summed E-state index contributed by atoms with van der Waals surface area (Å²) in [6, 6.07) is 14.1. The molecular formula is C15H13N7S. The molecule has 4 aromatic rings. The number of aryl methyl sites for hydroxylation is 1. The van der Waals surface area contributed by atoms with Crippen LogP contribution in [0, 0.1) is 0 Å². The Bertz CT molecular complexity index is 902. The lowest BCUT2D eigenvalue weighted by atomic mass is 10.1. The minimum absolute atomic E-state index is 0.714. The summed E-state index contributed by atoms with van der Waals surface area (Å²) < 4.78 is 1.85. The summed E-state index contributed by atoms with van der Waals surface area (Å²) in [6.07, 6.45) is 2.51. The van der Waals surface area contributed by atoms with Crippen molar-refractivity contribution in [2.75, 3.05) is 5.75 Å². The van der Waals surface area contributed by atoms with Crippen LogP contribution >= 0.6 is 11.8 Å². The Morgan fingerprint density at radius 3 is 2.87 bits per heavy atom. The molecule has 0 bridgehead atoms. The Morgan fingerprint density at radius 1 is 1.13 bits per heavy atom.